The maximum Gasteiger partial charge on any atom is 0.197 e. The molecule has 0 radical (unpaired) electrons. The Morgan fingerprint density at radius 3 is 1.79 bits per heavy atom. The minimum Gasteiger partial charge on any atom is -0.357 e. The summed E-state index contributed by atoms with van der Waals surface area (Å²) in [7, 11) is 0. The Labute approximate surface area is 141 Å². The van der Waals surface area contributed by atoms with Crippen LogP contribution in [-0.4, -0.2) is 36.9 Å². The van der Waals surface area contributed by atoms with Crippen LogP contribution in [0.3, 0.4) is 0 Å². The van der Waals surface area contributed by atoms with Crippen LogP contribution >= 0.6 is 0 Å². The third-order valence-electron chi connectivity index (χ3n) is 4.32. The minimum absolute atomic E-state index is 0.179. The van der Waals surface area contributed by atoms with Gasteiger partial charge in [0.05, 0.1) is 6.61 Å². The van der Waals surface area contributed by atoms with Gasteiger partial charge in [0.1, 0.15) is 0 Å². The molecule has 1 saturated heterocycles. The lowest BCUT2D eigenvalue weighted by Crippen LogP contribution is -2.61. The fourth-order valence-electron chi connectivity index (χ4n) is 2.97. The lowest BCUT2D eigenvalue weighted by atomic mass is 9.85. The number of hydrogen-bond donors (Lipinski definition) is 1. The predicted molar refractivity (Wildman–Crippen MR) is 91.9 cm³/mol. The lowest BCUT2D eigenvalue weighted by Gasteiger charge is -2.35. The van der Waals surface area contributed by atoms with Crippen molar-refractivity contribution in [2.75, 3.05) is 19.7 Å². The topological polar surface area (TPSA) is 55.4 Å². The maximum absolute atomic E-state index is 12.9. The summed E-state index contributed by atoms with van der Waals surface area (Å²) < 4.78 is 5.77. The van der Waals surface area contributed by atoms with Crippen LogP contribution in [0.25, 0.3) is 0 Å². The Balaban J connectivity index is 1.81. The van der Waals surface area contributed by atoms with E-state index in [-0.39, 0.29) is 31.0 Å². The van der Waals surface area contributed by atoms with Gasteiger partial charge < -0.3 is 10.1 Å². The highest BCUT2D eigenvalue weighted by atomic mass is 16.5. The average molecular weight is 323 g/mol. The van der Waals surface area contributed by atoms with Gasteiger partial charge in [-0.1, -0.05) is 60.7 Å². The molecule has 0 saturated carbocycles. The van der Waals surface area contributed by atoms with Gasteiger partial charge in [-0.3, -0.25) is 9.59 Å². The van der Waals surface area contributed by atoms with E-state index in [0.717, 1.165) is 11.1 Å². The smallest absolute Gasteiger partial charge is 0.197 e. The third-order valence-corrected chi connectivity index (χ3v) is 4.32. The van der Waals surface area contributed by atoms with Crippen molar-refractivity contribution >= 4 is 11.6 Å². The summed E-state index contributed by atoms with van der Waals surface area (Å²) in [6.45, 7) is 1.25. The summed E-state index contributed by atoms with van der Waals surface area (Å²) in [5.41, 5.74) is 0.399. The standard InChI is InChI=1S/C20H21NO3/c22-18(13-16-7-3-1-4-8-16)20(15-21-11-12-24-20)19(23)14-17-9-5-2-6-10-17/h1-10,21H,11-15H2. The van der Waals surface area contributed by atoms with Gasteiger partial charge in [-0.2, -0.15) is 0 Å². The second kappa shape index (κ2) is 7.51. The van der Waals surface area contributed by atoms with Gasteiger partial charge in [0.25, 0.3) is 0 Å². The number of benzene rings is 2. The fourth-order valence-corrected chi connectivity index (χ4v) is 2.97. The molecule has 0 aromatic heterocycles. The molecule has 0 atom stereocenters. The van der Waals surface area contributed by atoms with Crippen molar-refractivity contribution in [2.24, 2.45) is 0 Å². The quantitative estimate of drug-likeness (QED) is 0.826. The molecule has 0 spiro atoms. The number of Topliss-reactive ketones (excluding diaryl/α,β-unsaturated/α-hetero) is 2. The number of carbonyl (C=O) groups is 2. The van der Waals surface area contributed by atoms with E-state index in [2.05, 4.69) is 5.32 Å². The molecule has 24 heavy (non-hydrogen) atoms. The van der Waals surface area contributed by atoms with Crippen molar-refractivity contribution in [1.29, 1.82) is 0 Å². The highest BCUT2D eigenvalue weighted by Gasteiger charge is 2.46. The molecule has 2 aromatic rings. The molecule has 1 heterocycles. The highest BCUT2D eigenvalue weighted by Crippen LogP contribution is 2.21. The van der Waals surface area contributed by atoms with Crippen molar-refractivity contribution in [1.82, 2.24) is 5.32 Å². The highest BCUT2D eigenvalue weighted by molar-refractivity contribution is 6.12. The van der Waals surface area contributed by atoms with E-state index in [0.29, 0.717) is 13.2 Å². The largest absolute Gasteiger partial charge is 0.357 e. The van der Waals surface area contributed by atoms with Gasteiger partial charge in [-0.25, -0.2) is 0 Å². The SMILES string of the molecule is O=C(Cc1ccccc1)C1(C(=O)Cc2ccccc2)CNCCO1. The Morgan fingerprint density at radius 1 is 0.875 bits per heavy atom. The first kappa shape index (κ1) is 16.6. The lowest BCUT2D eigenvalue weighted by molar-refractivity contribution is -0.160. The summed E-state index contributed by atoms with van der Waals surface area (Å²) in [5, 5.41) is 3.14. The first-order valence-corrected chi connectivity index (χ1v) is 8.20. The predicted octanol–water partition coefficient (Wildman–Crippen LogP) is 1.97. The van der Waals surface area contributed by atoms with E-state index in [1.54, 1.807) is 0 Å². The van der Waals surface area contributed by atoms with Gasteiger partial charge in [0, 0.05) is 25.9 Å². The molecule has 1 N–H and O–H groups in total. The van der Waals surface area contributed by atoms with Crippen molar-refractivity contribution in [2.45, 2.75) is 18.4 Å². The first-order chi connectivity index (χ1) is 11.7. The minimum atomic E-state index is -1.38. The molecule has 1 fully saturated rings. The Hall–Kier alpha value is -2.30. The van der Waals surface area contributed by atoms with Crippen molar-refractivity contribution in [3.63, 3.8) is 0 Å². The normalized spacial score (nSPS) is 16.5. The number of nitrogens with one attached hydrogen (secondary N) is 1. The molecule has 3 rings (SSSR count). The first-order valence-electron chi connectivity index (χ1n) is 8.20. The number of carbonyl (C=O) groups excluding carboxylic acids is 2. The number of hydrogen-bond acceptors (Lipinski definition) is 4. The van der Waals surface area contributed by atoms with E-state index in [1.165, 1.54) is 0 Å². The molecule has 124 valence electrons. The number of ether oxygens (including phenoxy) is 1. The number of rotatable bonds is 6. The molecule has 1 aliphatic heterocycles. The molecular weight excluding hydrogens is 302 g/mol. The van der Waals surface area contributed by atoms with E-state index in [9.17, 15) is 9.59 Å². The molecular formula is C20H21NO3. The summed E-state index contributed by atoms with van der Waals surface area (Å²) in [5.74, 6) is -0.358. The van der Waals surface area contributed by atoms with Gasteiger partial charge in [0.15, 0.2) is 17.2 Å². The Kier molecular flexibility index (Phi) is 5.18. The second-order valence-corrected chi connectivity index (χ2v) is 6.02. The van der Waals surface area contributed by atoms with Crippen LogP contribution < -0.4 is 5.32 Å². The zero-order valence-corrected chi connectivity index (χ0v) is 13.5. The summed E-state index contributed by atoms with van der Waals surface area (Å²) in [4.78, 5) is 25.9. The third kappa shape index (κ3) is 3.61. The molecule has 4 nitrogen and oxygen atoms in total. The fraction of sp³-hybridized carbons (Fsp3) is 0.300. The molecule has 1 aliphatic rings. The molecule has 0 aliphatic carbocycles. The van der Waals surface area contributed by atoms with Crippen LogP contribution in [0.2, 0.25) is 0 Å². The molecule has 2 aromatic carbocycles. The molecule has 0 bridgehead atoms. The van der Waals surface area contributed by atoms with E-state index >= 15 is 0 Å². The summed E-state index contributed by atoms with van der Waals surface area (Å²) in [6.07, 6.45) is 0.395. The molecule has 4 heteroatoms. The van der Waals surface area contributed by atoms with Crippen LogP contribution in [0.15, 0.2) is 60.7 Å². The van der Waals surface area contributed by atoms with Crippen LogP contribution in [0, 0.1) is 0 Å². The monoisotopic (exact) mass is 323 g/mol. The Morgan fingerprint density at radius 2 is 1.38 bits per heavy atom. The van der Waals surface area contributed by atoms with Crippen LogP contribution in [0.4, 0.5) is 0 Å². The number of ketones is 2. The van der Waals surface area contributed by atoms with Gasteiger partial charge in [-0.15, -0.1) is 0 Å². The summed E-state index contributed by atoms with van der Waals surface area (Å²) in [6, 6.07) is 18.9. The zero-order valence-electron chi connectivity index (χ0n) is 13.5. The van der Waals surface area contributed by atoms with Gasteiger partial charge in [-0.05, 0) is 11.1 Å². The van der Waals surface area contributed by atoms with E-state index in [1.807, 2.05) is 60.7 Å². The van der Waals surface area contributed by atoms with Gasteiger partial charge >= 0.3 is 0 Å². The van der Waals surface area contributed by atoms with Crippen LogP contribution in [0.1, 0.15) is 11.1 Å². The Bertz CT molecular complexity index is 636. The van der Waals surface area contributed by atoms with Crippen molar-refractivity contribution in [3.05, 3.63) is 71.8 Å². The molecule has 0 unspecified atom stereocenters. The van der Waals surface area contributed by atoms with Crippen LogP contribution in [0.5, 0.6) is 0 Å². The van der Waals surface area contributed by atoms with E-state index < -0.39 is 5.60 Å². The molecule has 0 amide bonds. The summed E-state index contributed by atoms with van der Waals surface area (Å²) >= 11 is 0. The van der Waals surface area contributed by atoms with Crippen LogP contribution in [-0.2, 0) is 27.2 Å². The van der Waals surface area contributed by atoms with Crippen molar-refractivity contribution in [3.8, 4) is 0 Å². The van der Waals surface area contributed by atoms with Crippen molar-refractivity contribution < 1.29 is 14.3 Å². The maximum atomic E-state index is 12.9. The number of morpholine rings is 1. The van der Waals surface area contributed by atoms with E-state index in [4.69, 9.17) is 4.74 Å². The second-order valence-electron chi connectivity index (χ2n) is 6.02. The zero-order chi connectivity index (χ0) is 16.8. The van der Waals surface area contributed by atoms with Gasteiger partial charge in [0.2, 0.25) is 0 Å². The average Bonchev–Trinajstić information content (AvgIpc) is 2.64.